The lowest BCUT2D eigenvalue weighted by Gasteiger charge is -2.04. The first-order chi connectivity index (χ1) is 6.09. The number of aryl methyl sites for hydroxylation is 1. The van der Waals surface area contributed by atoms with E-state index in [1.54, 1.807) is 0 Å². The molecule has 0 spiro atoms. The number of hydrogen-bond donors (Lipinski definition) is 0. The minimum atomic E-state index is 0.203. The summed E-state index contributed by atoms with van der Waals surface area (Å²) in [5.74, 6) is 0. The highest BCUT2D eigenvalue weighted by Gasteiger charge is 2.01. The highest BCUT2D eigenvalue weighted by molar-refractivity contribution is 6.42. The lowest BCUT2D eigenvalue weighted by Crippen LogP contribution is -1.94. The van der Waals surface area contributed by atoms with E-state index in [4.69, 9.17) is 34.8 Å². The van der Waals surface area contributed by atoms with E-state index in [1.165, 1.54) is 5.56 Å². The average molecular weight is 238 g/mol. The van der Waals surface area contributed by atoms with Crippen molar-refractivity contribution in [1.29, 1.82) is 0 Å². The van der Waals surface area contributed by atoms with Crippen molar-refractivity contribution in [3.05, 3.63) is 33.8 Å². The third-order valence-corrected chi connectivity index (χ3v) is 2.77. The van der Waals surface area contributed by atoms with Gasteiger partial charge in [0.1, 0.15) is 0 Å². The molecule has 0 amide bonds. The molecule has 0 aromatic heterocycles. The van der Waals surface area contributed by atoms with Crippen LogP contribution in [0, 0.1) is 0 Å². The molecule has 0 saturated carbocycles. The molecule has 0 heterocycles. The second kappa shape index (κ2) is 5.09. The summed E-state index contributed by atoms with van der Waals surface area (Å²) in [6.07, 6.45) is 1.90. The highest BCUT2D eigenvalue weighted by atomic mass is 35.5. The van der Waals surface area contributed by atoms with Gasteiger partial charge in [0.15, 0.2) is 0 Å². The molecule has 0 aliphatic rings. The molecule has 0 bridgehead atoms. The first-order valence-corrected chi connectivity index (χ1v) is 5.37. The maximum atomic E-state index is 5.86. The number of benzene rings is 1. The van der Waals surface area contributed by atoms with E-state index in [-0.39, 0.29) is 5.38 Å². The summed E-state index contributed by atoms with van der Waals surface area (Å²) in [7, 11) is 0. The second-order valence-electron chi connectivity index (χ2n) is 3.07. The smallest absolute Gasteiger partial charge is 0.0595 e. The summed E-state index contributed by atoms with van der Waals surface area (Å²) in [6, 6.07) is 5.69. The molecule has 13 heavy (non-hydrogen) atoms. The fourth-order valence-electron chi connectivity index (χ4n) is 1.06. The lowest BCUT2D eigenvalue weighted by atomic mass is 10.1. The van der Waals surface area contributed by atoms with E-state index in [0.29, 0.717) is 10.0 Å². The van der Waals surface area contributed by atoms with Crippen LogP contribution in [0.2, 0.25) is 10.0 Å². The molecule has 1 rings (SSSR count). The number of halogens is 3. The Kier molecular flexibility index (Phi) is 4.37. The van der Waals surface area contributed by atoms with Crippen LogP contribution in [-0.4, -0.2) is 5.38 Å². The Labute approximate surface area is 93.8 Å². The number of hydrogen-bond acceptors (Lipinski definition) is 0. The van der Waals surface area contributed by atoms with E-state index >= 15 is 0 Å². The van der Waals surface area contributed by atoms with Gasteiger partial charge in [-0.1, -0.05) is 29.3 Å². The van der Waals surface area contributed by atoms with Gasteiger partial charge < -0.3 is 0 Å². The fraction of sp³-hybridized carbons (Fsp3) is 0.400. The lowest BCUT2D eigenvalue weighted by molar-refractivity contribution is 0.803. The summed E-state index contributed by atoms with van der Waals surface area (Å²) < 4.78 is 0. The summed E-state index contributed by atoms with van der Waals surface area (Å²) in [6.45, 7) is 1.99. The molecule has 0 N–H and O–H groups in total. The van der Waals surface area contributed by atoms with Crippen molar-refractivity contribution in [3.63, 3.8) is 0 Å². The van der Waals surface area contributed by atoms with Gasteiger partial charge in [-0.2, -0.15) is 0 Å². The molecular formula is C10H11Cl3. The van der Waals surface area contributed by atoms with Crippen LogP contribution >= 0.6 is 34.8 Å². The van der Waals surface area contributed by atoms with Gasteiger partial charge in [0, 0.05) is 5.38 Å². The third kappa shape index (κ3) is 3.76. The van der Waals surface area contributed by atoms with Crippen molar-refractivity contribution in [2.24, 2.45) is 0 Å². The monoisotopic (exact) mass is 236 g/mol. The zero-order chi connectivity index (χ0) is 9.84. The van der Waals surface area contributed by atoms with Crippen molar-refractivity contribution in [3.8, 4) is 0 Å². The molecule has 3 heteroatoms. The summed E-state index contributed by atoms with van der Waals surface area (Å²) in [4.78, 5) is 0. The van der Waals surface area contributed by atoms with Crippen molar-refractivity contribution < 1.29 is 0 Å². The zero-order valence-electron chi connectivity index (χ0n) is 7.36. The largest absolute Gasteiger partial charge is 0.123 e. The standard InChI is InChI=1S/C10H11Cl3/c1-7(11)2-3-8-4-5-9(12)10(13)6-8/h4-7H,2-3H2,1H3. The molecule has 1 aromatic carbocycles. The maximum absolute atomic E-state index is 5.86. The van der Waals surface area contributed by atoms with Crippen LogP contribution in [-0.2, 0) is 6.42 Å². The van der Waals surface area contributed by atoms with Crippen LogP contribution in [0.5, 0.6) is 0 Å². The van der Waals surface area contributed by atoms with Crippen LogP contribution in [0.15, 0.2) is 18.2 Å². The third-order valence-electron chi connectivity index (χ3n) is 1.81. The van der Waals surface area contributed by atoms with Crippen LogP contribution < -0.4 is 0 Å². The molecule has 0 fully saturated rings. The van der Waals surface area contributed by atoms with Crippen molar-refractivity contribution in [2.45, 2.75) is 25.1 Å². The van der Waals surface area contributed by atoms with Crippen LogP contribution in [0.3, 0.4) is 0 Å². The molecule has 0 radical (unpaired) electrons. The number of alkyl halides is 1. The summed E-state index contributed by atoms with van der Waals surface area (Å²) in [5, 5.41) is 1.42. The van der Waals surface area contributed by atoms with Gasteiger partial charge in [-0.3, -0.25) is 0 Å². The SMILES string of the molecule is CC(Cl)CCc1ccc(Cl)c(Cl)c1. The second-order valence-corrected chi connectivity index (χ2v) is 4.63. The minimum absolute atomic E-state index is 0.203. The van der Waals surface area contributed by atoms with Gasteiger partial charge in [-0.15, -0.1) is 11.6 Å². The number of rotatable bonds is 3. The summed E-state index contributed by atoms with van der Waals surface area (Å²) in [5.41, 5.74) is 1.18. The van der Waals surface area contributed by atoms with Gasteiger partial charge in [-0.05, 0) is 37.5 Å². The fourth-order valence-corrected chi connectivity index (χ4v) is 1.49. The van der Waals surface area contributed by atoms with Crippen LogP contribution in [0.1, 0.15) is 18.9 Å². The Morgan fingerprint density at radius 3 is 2.46 bits per heavy atom. The Bertz CT molecular complexity index is 281. The molecule has 0 saturated heterocycles. The Morgan fingerprint density at radius 1 is 1.23 bits per heavy atom. The predicted molar refractivity (Wildman–Crippen MR) is 60.1 cm³/mol. The topological polar surface area (TPSA) is 0 Å². The molecular weight excluding hydrogens is 226 g/mol. The molecule has 1 aromatic rings. The molecule has 1 unspecified atom stereocenters. The minimum Gasteiger partial charge on any atom is -0.123 e. The van der Waals surface area contributed by atoms with E-state index in [2.05, 4.69) is 0 Å². The van der Waals surface area contributed by atoms with E-state index in [1.807, 2.05) is 25.1 Å². The predicted octanol–water partition coefficient (Wildman–Crippen LogP) is 4.55. The van der Waals surface area contributed by atoms with Gasteiger partial charge in [-0.25, -0.2) is 0 Å². The molecule has 0 aliphatic heterocycles. The normalized spacial score (nSPS) is 12.9. The first kappa shape index (κ1) is 11.2. The van der Waals surface area contributed by atoms with Gasteiger partial charge in [0.25, 0.3) is 0 Å². The van der Waals surface area contributed by atoms with Crippen molar-refractivity contribution in [2.75, 3.05) is 0 Å². The first-order valence-electron chi connectivity index (χ1n) is 4.17. The van der Waals surface area contributed by atoms with Crippen molar-refractivity contribution in [1.82, 2.24) is 0 Å². The molecule has 0 aliphatic carbocycles. The Hall–Kier alpha value is 0.0900. The van der Waals surface area contributed by atoms with Crippen LogP contribution in [0.4, 0.5) is 0 Å². The average Bonchev–Trinajstić information content (AvgIpc) is 2.07. The maximum Gasteiger partial charge on any atom is 0.0595 e. The van der Waals surface area contributed by atoms with Crippen LogP contribution in [0.25, 0.3) is 0 Å². The van der Waals surface area contributed by atoms with Gasteiger partial charge >= 0.3 is 0 Å². The van der Waals surface area contributed by atoms with Gasteiger partial charge in [0.05, 0.1) is 10.0 Å². The van der Waals surface area contributed by atoms with Gasteiger partial charge in [0.2, 0.25) is 0 Å². The highest BCUT2D eigenvalue weighted by Crippen LogP contribution is 2.23. The van der Waals surface area contributed by atoms with E-state index in [9.17, 15) is 0 Å². The zero-order valence-corrected chi connectivity index (χ0v) is 9.63. The molecule has 1 atom stereocenters. The Balaban J connectivity index is 2.63. The van der Waals surface area contributed by atoms with Crippen molar-refractivity contribution >= 4 is 34.8 Å². The van der Waals surface area contributed by atoms with E-state index in [0.717, 1.165) is 12.8 Å². The molecule has 72 valence electrons. The molecule has 0 nitrogen and oxygen atoms in total. The van der Waals surface area contributed by atoms with E-state index < -0.39 is 0 Å². The Morgan fingerprint density at radius 2 is 1.92 bits per heavy atom. The quantitative estimate of drug-likeness (QED) is 0.677. The summed E-state index contributed by atoms with van der Waals surface area (Å²) >= 11 is 17.5.